The molecule has 7 heteroatoms. The summed E-state index contributed by atoms with van der Waals surface area (Å²) in [6.45, 7) is 6.05. The average Bonchev–Trinajstić information content (AvgIpc) is 2.97. The van der Waals surface area contributed by atoms with Crippen molar-refractivity contribution < 1.29 is 13.5 Å². The second-order valence-corrected chi connectivity index (χ2v) is 6.67. The number of nitrogens with zero attached hydrogens (tertiary/aromatic N) is 3. The zero-order valence-corrected chi connectivity index (χ0v) is 16.1. The summed E-state index contributed by atoms with van der Waals surface area (Å²) in [5, 5.41) is 4.57. The van der Waals surface area contributed by atoms with E-state index in [9.17, 15) is 13.6 Å². The van der Waals surface area contributed by atoms with Crippen LogP contribution < -0.4 is 10.3 Å². The normalized spacial score (nSPS) is 11.6. The average molecular weight is 375 g/mol. The molecule has 0 spiro atoms. The maximum atomic E-state index is 13.9. The number of benzene rings is 1. The predicted molar refractivity (Wildman–Crippen MR) is 100 cm³/mol. The Balaban J connectivity index is 2.36. The van der Waals surface area contributed by atoms with Gasteiger partial charge in [-0.25, -0.2) is 13.3 Å². The van der Waals surface area contributed by atoms with Gasteiger partial charge in [0.15, 0.2) is 17.5 Å². The highest BCUT2D eigenvalue weighted by Crippen LogP contribution is 2.32. The van der Waals surface area contributed by atoms with E-state index in [1.807, 2.05) is 13.0 Å². The first kappa shape index (κ1) is 19.1. The first-order valence-electron chi connectivity index (χ1n) is 8.96. The highest BCUT2D eigenvalue weighted by molar-refractivity contribution is 5.66. The summed E-state index contributed by atoms with van der Waals surface area (Å²) in [5.41, 5.74) is 2.28. The van der Waals surface area contributed by atoms with Crippen LogP contribution in [0.5, 0.6) is 5.75 Å². The molecule has 2 aromatic heterocycles. The Morgan fingerprint density at radius 2 is 1.78 bits per heavy atom. The number of fused-ring (bicyclic) bond motifs is 1. The predicted octanol–water partition coefficient (Wildman–Crippen LogP) is 4.20. The smallest absolute Gasteiger partial charge is 0.278 e. The Morgan fingerprint density at radius 1 is 1.15 bits per heavy atom. The number of aryl methyl sites for hydroxylation is 1. The van der Waals surface area contributed by atoms with Crippen LogP contribution in [0.25, 0.3) is 16.9 Å². The molecule has 5 nitrogen and oxygen atoms in total. The maximum Gasteiger partial charge on any atom is 0.278 e. The van der Waals surface area contributed by atoms with Crippen molar-refractivity contribution in [2.45, 2.75) is 39.5 Å². The third-order valence-electron chi connectivity index (χ3n) is 5.11. The van der Waals surface area contributed by atoms with Crippen LogP contribution in [-0.2, 0) is 7.05 Å². The zero-order chi connectivity index (χ0) is 19.9. The molecule has 2 heterocycles. The minimum atomic E-state index is -1.03. The third kappa shape index (κ3) is 3.01. The minimum Gasteiger partial charge on any atom is -0.496 e. The standard InChI is InChI=1S/C20H23F2N3O2/c1-6-12(7-2)13-8-11(3)25-18(13)20(26)24(4)19(23-25)14-9-15(21)16(22)10-17(14)27-5/h8-10,12H,6-7H2,1-5H3. The van der Waals surface area contributed by atoms with Crippen molar-refractivity contribution in [2.24, 2.45) is 7.05 Å². The number of rotatable bonds is 5. The number of methoxy groups -OCH3 is 1. The van der Waals surface area contributed by atoms with Crippen LogP contribution in [0.15, 0.2) is 23.0 Å². The Kier molecular flexibility index (Phi) is 5.04. The molecule has 0 aliphatic carbocycles. The van der Waals surface area contributed by atoms with E-state index in [2.05, 4.69) is 18.9 Å². The van der Waals surface area contributed by atoms with Crippen LogP contribution in [0.3, 0.4) is 0 Å². The van der Waals surface area contributed by atoms with Crippen molar-refractivity contribution in [3.63, 3.8) is 0 Å². The van der Waals surface area contributed by atoms with Gasteiger partial charge in [0.05, 0.1) is 12.7 Å². The first-order chi connectivity index (χ1) is 12.8. The first-order valence-corrected chi connectivity index (χ1v) is 8.96. The molecule has 0 aliphatic heterocycles. The molecule has 0 radical (unpaired) electrons. The van der Waals surface area contributed by atoms with Gasteiger partial charge in [-0.05, 0) is 43.4 Å². The molecule has 0 fully saturated rings. The lowest BCUT2D eigenvalue weighted by Gasteiger charge is -2.15. The van der Waals surface area contributed by atoms with Crippen molar-refractivity contribution in [2.75, 3.05) is 7.11 Å². The lowest BCUT2D eigenvalue weighted by molar-refractivity contribution is 0.407. The molecule has 0 atom stereocenters. The summed E-state index contributed by atoms with van der Waals surface area (Å²) in [5.74, 6) is -1.47. The molecule has 0 unspecified atom stereocenters. The number of ether oxygens (including phenoxy) is 1. The number of aromatic nitrogens is 3. The van der Waals surface area contributed by atoms with Crippen LogP contribution in [0.1, 0.15) is 43.9 Å². The minimum absolute atomic E-state index is 0.112. The van der Waals surface area contributed by atoms with Crippen LogP contribution in [0, 0.1) is 18.6 Å². The van der Waals surface area contributed by atoms with Gasteiger partial charge >= 0.3 is 0 Å². The SMILES string of the molecule is CCC(CC)c1cc(C)n2nc(-c3cc(F)c(F)cc3OC)n(C)c(=O)c12. The lowest BCUT2D eigenvalue weighted by atomic mass is 9.95. The van der Waals surface area contributed by atoms with Crippen LogP contribution >= 0.6 is 0 Å². The van der Waals surface area contributed by atoms with E-state index < -0.39 is 11.6 Å². The molecule has 144 valence electrons. The van der Waals surface area contributed by atoms with E-state index in [0.29, 0.717) is 5.52 Å². The quantitative estimate of drug-likeness (QED) is 0.672. The monoisotopic (exact) mass is 375 g/mol. The molecule has 0 saturated carbocycles. The third-order valence-corrected chi connectivity index (χ3v) is 5.11. The zero-order valence-electron chi connectivity index (χ0n) is 16.1. The van der Waals surface area contributed by atoms with E-state index in [4.69, 9.17) is 4.74 Å². The van der Waals surface area contributed by atoms with E-state index in [0.717, 1.165) is 36.2 Å². The Hall–Kier alpha value is -2.70. The van der Waals surface area contributed by atoms with Crippen LogP contribution in [-0.4, -0.2) is 21.3 Å². The van der Waals surface area contributed by atoms with E-state index in [1.165, 1.54) is 11.7 Å². The molecule has 0 bridgehead atoms. The summed E-state index contributed by atoms with van der Waals surface area (Å²) in [6.07, 6.45) is 1.83. The molecule has 0 saturated heterocycles. The van der Waals surface area contributed by atoms with Gasteiger partial charge < -0.3 is 4.74 Å². The van der Waals surface area contributed by atoms with E-state index in [-0.39, 0.29) is 28.6 Å². The van der Waals surface area contributed by atoms with Gasteiger partial charge in [-0.3, -0.25) is 9.36 Å². The molecular weight excluding hydrogens is 352 g/mol. The highest BCUT2D eigenvalue weighted by Gasteiger charge is 2.22. The van der Waals surface area contributed by atoms with Crippen molar-refractivity contribution in [3.8, 4) is 17.1 Å². The van der Waals surface area contributed by atoms with Crippen molar-refractivity contribution in [1.29, 1.82) is 0 Å². The summed E-state index contributed by atoms with van der Waals surface area (Å²) in [6, 6.07) is 3.94. The molecule has 3 aromatic rings. The fourth-order valence-corrected chi connectivity index (χ4v) is 3.56. The van der Waals surface area contributed by atoms with Crippen molar-refractivity contribution in [1.82, 2.24) is 14.2 Å². The Morgan fingerprint density at radius 3 is 2.37 bits per heavy atom. The van der Waals surface area contributed by atoms with Crippen molar-refractivity contribution >= 4 is 5.52 Å². The second kappa shape index (κ2) is 7.13. The van der Waals surface area contributed by atoms with Gasteiger partial charge in [-0.15, -0.1) is 5.10 Å². The van der Waals surface area contributed by atoms with Gasteiger partial charge in [-0.2, -0.15) is 0 Å². The summed E-state index contributed by atoms with van der Waals surface area (Å²) >= 11 is 0. The van der Waals surface area contributed by atoms with Gasteiger partial charge in [0.25, 0.3) is 5.56 Å². The molecular formula is C20H23F2N3O2. The largest absolute Gasteiger partial charge is 0.496 e. The van der Waals surface area contributed by atoms with Gasteiger partial charge in [0, 0.05) is 18.8 Å². The van der Waals surface area contributed by atoms with Gasteiger partial charge in [0.2, 0.25) is 0 Å². The summed E-state index contributed by atoms with van der Waals surface area (Å²) < 4.78 is 35.6. The highest BCUT2D eigenvalue weighted by atomic mass is 19.2. The molecule has 3 rings (SSSR count). The fourth-order valence-electron chi connectivity index (χ4n) is 3.56. The van der Waals surface area contributed by atoms with Gasteiger partial charge in [0.1, 0.15) is 11.3 Å². The van der Waals surface area contributed by atoms with Crippen LogP contribution in [0.4, 0.5) is 8.78 Å². The molecule has 0 N–H and O–H groups in total. The summed E-state index contributed by atoms with van der Waals surface area (Å²) in [7, 11) is 2.93. The molecule has 0 aliphatic rings. The van der Waals surface area contributed by atoms with E-state index >= 15 is 0 Å². The topological polar surface area (TPSA) is 48.5 Å². The molecule has 0 amide bonds. The number of halogens is 2. The summed E-state index contributed by atoms with van der Waals surface area (Å²) in [4.78, 5) is 13.1. The van der Waals surface area contributed by atoms with E-state index in [1.54, 1.807) is 11.6 Å². The number of hydrogen-bond donors (Lipinski definition) is 0. The molecule has 1 aromatic carbocycles. The number of hydrogen-bond acceptors (Lipinski definition) is 3. The lowest BCUT2D eigenvalue weighted by Crippen LogP contribution is -2.24. The Bertz CT molecular complexity index is 1070. The fraction of sp³-hybridized carbons (Fsp3) is 0.400. The Labute approximate surface area is 156 Å². The maximum absolute atomic E-state index is 13.9. The van der Waals surface area contributed by atoms with Gasteiger partial charge in [-0.1, -0.05) is 13.8 Å². The van der Waals surface area contributed by atoms with Crippen LogP contribution in [0.2, 0.25) is 0 Å². The second-order valence-electron chi connectivity index (χ2n) is 6.67. The molecule has 27 heavy (non-hydrogen) atoms. The van der Waals surface area contributed by atoms with Crippen molar-refractivity contribution in [3.05, 3.63) is 51.4 Å².